The van der Waals surface area contributed by atoms with Gasteiger partial charge >= 0.3 is 0 Å². The summed E-state index contributed by atoms with van der Waals surface area (Å²) in [5.74, 6) is 1.67. The van der Waals surface area contributed by atoms with Crippen molar-refractivity contribution in [3.8, 4) is 5.75 Å². The van der Waals surface area contributed by atoms with Crippen molar-refractivity contribution in [2.45, 2.75) is 25.8 Å². The highest BCUT2D eigenvalue weighted by Crippen LogP contribution is 2.12. The lowest BCUT2D eigenvalue weighted by molar-refractivity contribution is 0.133. The first-order chi connectivity index (χ1) is 13.3. The minimum atomic E-state index is 0. The third kappa shape index (κ3) is 9.94. The van der Waals surface area contributed by atoms with E-state index in [1.165, 1.54) is 5.56 Å². The van der Waals surface area contributed by atoms with Gasteiger partial charge in [-0.05, 0) is 42.5 Å². The first kappa shape index (κ1) is 24.2. The molecule has 0 heterocycles. The van der Waals surface area contributed by atoms with Crippen LogP contribution in [0.5, 0.6) is 5.75 Å². The fraction of sp³-hybridized carbons (Fsp3) is 0.409. The van der Waals surface area contributed by atoms with Gasteiger partial charge in [0, 0.05) is 26.7 Å². The Balaban J connectivity index is 0.00000392. The highest BCUT2D eigenvalue weighted by atomic mass is 127. The molecule has 28 heavy (non-hydrogen) atoms. The Morgan fingerprint density at radius 1 is 0.929 bits per heavy atom. The number of benzene rings is 2. The molecule has 0 unspecified atom stereocenters. The van der Waals surface area contributed by atoms with Crippen LogP contribution in [0.15, 0.2) is 59.6 Å². The number of halogens is 1. The van der Waals surface area contributed by atoms with E-state index < -0.39 is 0 Å². The van der Waals surface area contributed by atoms with E-state index in [-0.39, 0.29) is 24.0 Å². The third-order valence-electron chi connectivity index (χ3n) is 4.20. The van der Waals surface area contributed by atoms with Crippen molar-refractivity contribution in [1.82, 2.24) is 10.6 Å². The number of guanidine groups is 1. The van der Waals surface area contributed by atoms with Crippen LogP contribution in [-0.2, 0) is 17.7 Å². The van der Waals surface area contributed by atoms with E-state index in [1.54, 1.807) is 14.2 Å². The molecule has 0 aliphatic heterocycles. The zero-order chi connectivity index (χ0) is 19.2. The summed E-state index contributed by atoms with van der Waals surface area (Å²) in [5.41, 5.74) is 2.48. The lowest BCUT2D eigenvalue weighted by atomic mass is 10.2. The molecule has 0 saturated carbocycles. The molecule has 2 aromatic rings. The average Bonchev–Trinajstić information content (AvgIpc) is 2.73. The van der Waals surface area contributed by atoms with Crippen molar-refractivity contribution < 1.29 is 9.47 Å². The van der Waals surface area contributed by atoms with Gasteiger partial charge in [-0.25, -0.2) is 0 Å². The first-order valence-electron chi connectivity index (χ1n) is 9.51. The van der Waals surface area contributed by atoms with Gasteiger partial charge in [-0.2, -0.15) is 0 Å². The van der Waals surface area contributed by atoms with Crippen molar-refractivity contribution >= 4 is 29.9 Å². The third-order valence-corrected chi connectivity index (χ3v) is 4.20. The quantitative estimate of drug-likeness (QED) is 0.213. The number of unbranched alkanes of at least 4 members (excludes halogenated alkanes) is 1. The minimum absolute atomic E-state index is 0. The van der Waals surface area contributed by atoms with Crippen LogP contribution in [0.2, 0.25) is 0 Å². The highest BCUT2D eigenvalue weighted by molar-refractivity contribution is 14.0. The van der Waals surface area contributed by atoms with Crippen molar-refractivity contribution in [2.24, 2.45) is 4.99 Å². The Morgan fingerprint density at radius 2 is 1.71 bits per heavy atom. The van der Waals surface area contributed by atoms with E-state index in [2.05, 4.69) is 46.0 Å². The number of rotatable bonds is 11. The van der Waals surface area contributed by atoms with Crippen LogP contribution >= 0.6 is 24.0 Å². The number of aliphatic imine (C=N–C) groups is 1. The van der Waals surface area contributed by atoms with Crippen LogP contribution < -0.4 is 15.4 Å². The van der Waals surface area contributed by atoms with E-state index in [9.17, 15) is 0 Å². The number of nitrogens with zero attached hydrogens (tertiary/aromatic N) is 1. The van der Waals surface area contributed by atoms with Gasteiger partial charge in [0.25, 0.3) is 0 Å². The molecule has 0 amide bonds. The topological polar surface area (TPSA) is 54.9 Å². The molecule has 2 rings (SSSR count). The molecule has 5 nitrogen and oxygen atoms in total. The first-order valence-corrected chi connectivity index (χ1v) is 9.51. The summed E-state index contributed by atoms with van der Waals surface area (Å²) in [6.45, 7) is 3.16. The number of hydrogen-bond donors (Lipinski definition) is 2. The maximum Gasteiger partial charge on any atom is 0.191 e. The Kier molecular flexibility index (Phi) is 13.1. The molecular formula is C22H32IN3O2. The molecule has 0 aromatic heterocycles. The van der Waals surface area contributed by atoms with Gasteiger partial charge in [-0.1, -0.05) is 42.5 Å². The summed E-state index contributed by atoms with van der Waals surface area (Å²) in [6.07, 6.45) is 3.06. The van der Waals surface area contributed by atoms with Crippen LogP contribution in [0.4, 0.5) is 0 Å². The maximum absolute atomic E-state index is 5.71. The number of methoxy groups -OCH3 is 1. The molecule has 0 aliphatic carbocycles. The maximum atomic E-state index is 5.71. The lowest BCUT2D eigenvalue weighted by Gasteiger charge is -2.12. The van der Waals surface area contributed by atoms with Crippen LogP contribution in [-0.4, -0.2) is 39.9 Å². The largest absolute Gasteiger partial charge is 0.497 e. The van der Waals surface area contributed by atoms with E-state index in [0.717, 1.165) is 56.3 Å². The van der Waals surface area contributed by atoms with Crippen LogP contribution in [0.3, 0.4) is 0 Å². The molecule has 154 valence electrons. The number of ether oxygens (including phenoxy) is 2. The number of nitrogens with one attached hydrogen (secondary N) is 2. The predicted molar refractivity (Wildman–Crippen MR) is 127 cm³/mol. The zero-order valence-electron chi connectivity index (χ0n) is 16.8. The second-order valence-corrected chi connectivity index (χ2v) is 6.26. The van der Waals surface area contributed by atoms with E-state index in [0.29, 0.717) is 6.54 Å². The molecule has 0 fully saturated rings. The molecular weight excluding hydrogens is 465 g/mol. The summed E-state index contributed by atoms with van der Waals surface area (Å²) in [7, 11) is 3.46. The smallest absolute Gasteiger partial charge is 0.191 e. The van der Waals surface area contributed by atoms with Crippen molar-refractivity contribution in [3.63, 3.8) is 0 Å². The molecule has 6 heteroatoms. The van der Waals surface area contributed by atoms with Gasteiger partial charge in [-0.3, -0.25) is 4.99 Å². The number of hydrogen-bond acceptors (Lipinski definition) is 3. The van der Waals surface area contributed by atoms with Crippen LogP contribution in [0, 0.1) is 0 Å². The Hall–Kier alpha value is -1.80. The molecule has 0 radical (unpaired) electrons. The Bertz CT molecular complexity index is 680. The predicted octanol–water partition coefficient (Wildman–Crippen LogP) is 4.02. The summed E-state index contributed by atoms with van der Waals surface area (Å²) < 4.78 is 11.0. The summed E-state index contributed by atoms with van der Waals surface area (Å²) >= 11 is 0. The van der Waals surface area contributed by atoms with Gasteiger partial charge < -0.3 is 20.1 Å². The second-order valence-electron chi connectivity index (χ2n) is 6.26. The Labute approximate surface area is 186 Å². The molecule has 0 spiro atoms. The summed E-state index contributed by atoms with van der Waals surface area (Å²) in [6, 6.07) is 18.5. The van der Waals surface area contributed by atoms with E-state index in [4.69, 9.17) is 9.47 Å². The van der Waals surface area contributed by atoms with Crippen molar-refractivity contribution in [1.29, 1.82) is 0 Å². The monoisotopic (exact) mass is 497 g/mol. The van der Waals surface area contributed by atoms with Gasteiger partial charge in [0.05, 0.1) is 13.7 Å². The standard InChI is InChI=1S/C22H31N3O2.HI/c1-23-22(25-18-20-11-8-12-21(17-20)26-2)24-14-6-7-15-27-16-13-19-9-4-3-5-10-19;/h3-5,8-12,17H,6-7,13-16,18H2,1-2H3,(H2,23,24,25);1H. The molecule has 2 aromatic carbocycles. The van der Waals surface area contributed by atoms with E-state index >= 15 is 0 Å². The van der Waals surface area contributed by atoms with Crippen LogP contribution in [0.1, 0.15) is 24.0 Å². The molecule has 0 saturated heterocycles. The SMILES string of the molecule is CN=C(NCCCCOCCc1ccccc1)NCc1cccc(OC)c1.I. The molecule has 0 aliphatic rings. The Morgan fingerprint density at radius 3 is 2.46 bits per heavy atom. The minimum Gasteiger partial charge on any atom is -0.497 e. The zero-order valence-corrected chi connectivity index (χ0v) is 19.1. The summed E-state index contributed by atoms with van der Waals surface area (Å²) in [5, 5.41) is 6.66. The highest BCUT2D eigenvalue weighted by Gasteiger charge is 2.00. The second kappa shape index (κ2) is 15.2. The normalized spacial score (nSPS) is 10.9. The van der Waals surface area contributed by atoms with Crippen molar-refractivity contribution in [3.05, 3.63) is 65.7 Å². The van der Waals surface area contributed by atoms with Crippen LogP contribution in [0.25, 0.3) is 0 Å². The van der Waals surface area contributed by atoms with Crippen molar-refractivity contribution in [2.75, 3.05) is 33.9 Å². The van der Waals surface area contributed by atoms with E-state index in [1.807, 2.05) is 24.3 Å². The lowest BCUT2D eigenvalue weighted by Crippen LogP contribution is -2.37. The van der Waals surface area contributed by atoms with Gasteiger partial charge in [0.15, 0.2) is 5.96 Å². The fourth-order valence-electron chi connectivity index (χ4n) is 2.66. The van der Waals surface area contributed by atoms with Gasteiger partial charge in [-0.15, -0.1) is 24.0 Å². The average molecular weight is 497 g/mol. The summed E-state index contributed by atoms with van der Waals surface area (Å²) in [4.78, 5) is 4.26. The van der Waals surface area contributed by atoms with Gasteiger partial charge in [0.2, 0.25) is 0 Å². The molecule has 0 bridgehead atoms. The fourth-order valence-corrected chi connectivity index (χ4v) is 2.66. The molecule has 0 atom stereocenters. The molecule has 2 N–H and O–H groups in total. The van der Waals surface area contributed by atoms with Gasteiger partial charge in [0.1, 0.15) is 5.75 Å².